The first-order chi connectivity index (χ1) is 11.0. The third-order valence-electron chi connectivity index (χ3n) is 3.88. The van der Waals surface area contributed by atoms with Crippen LogP contribution in [-0.4, -0.2) is 21.0 Å². The van der Waals surface area contributed by atoms with E-state index in [1.165, 1.54) is 13.0 Å². The number of aromatic nitrogens is 1. The van der Waals surface area contributed by atoms with Crippen LogP contribution in [0.5, 0.6) is 0 Å². The van der Waals surface area contributed by atoms with Gasteiger partial charge < -0.3 is 10.1 Å². The van der Waals surface area contributed by atoms with E-state index >= 15 is 0 Å². The summed E-state index contributed by atoms with van der Waals surface area (Å²) < 4.78 is 0. The SMILES string of the molecule is CC(C(=O)O)c1cc([N+](=O)[O-])c2[nH]c(-c3ccccc3)cc2c1. The van der Waals surface area contributed by atoms with Gasteiger partial charge in [-0.3, -0.25) is 14.9 Å². The average molecular weight is 310 g/mol. The average Bonchev–Trinajstić information content (AvgIpc) is 2.97. The molecule has 1 unspecified atom stereocenters. The molecule has 6 nitrogen and oxygen atoms in total. The van der Waals surface area contributed by atoms with E-state index in [9.17, 15) is 14.9 Å². The van der Waals surface area contributed by atoms with Crippen LogP contribution in [0.4, 0.5) is 5.69 Å². The van der Waals surface area contributed by atoms with Crippen molar-refractivity contribution in [3.05, 3.63) is 64.2 Å². The Labute approximate surface area is 131 Å². The molecule has 116 valence electrons. The molecule has 3 rings (SSSR count). The number of nitrogens with one attached hydrogen (secondary N) is 1. The van der Waals surface area contributed by atoms with Crippen molar-refractivity contribution in [2.75, 3.05) is 0 Å². The van der Waals surface area contributed by atoms with Crippen LogP contribution in [0.1, 0.15) is 18.4 Å². The number of rotatable bonds is 4. The number of hydrogen-bond donors (Lipinski definition) is 2. The lowest BCUT2D eigenvalue weighted by Gasteiger charge is -2.06. The van der Waals surface area contributed by atoms with Crippen LogP contribution in [-0.2, 0) is 4.79 Å². The number of aromatic amines is 1. The number of carbonyl (C=O) groups is 1. The van der Waals surface area contributed by atoms with Crippen LogP contribution in [0, 0.1) is 10.1 Å². The first-order valence-corrected chi connectivity index (χ1v) is 7.06. The quantitative estimate of drug-likeness (QED) is 0.563. The number of benzene rings is 2. The highest BCUT2D eigenvalue weighted by atomic mass is 16.6. The highest BCUT2D eigenvalue weighted by molar-refractivity contribution is 5.94. The number of fused-ring (bicyclic) bond motifs is 1. The smallest absolute Gasteiger partial charge is 0.310 e. The third-order valence-corrected chi connectivity index (χ3v) is 3.88. The highest BCUT2D eigenvalue weighted by Gasteiger charge is 2.22. The predicted octanol–water partition coefficient (Wildman–Crippen LogP) is 3.93. The first-order valence-electron chi connectivity index (χ1n) is 7.06. The van der Waals surface area contributed by atoms with E-state index in [4.69, 9.17) is 5.11 Å². The summed E-state index contributed by atoms with van der Waals surface area (Å²) in [5, 5.41) is 21.1. The fraction of sp³-hybridized carbons (Fsp3) is 0.118. The lowest BCUT2D eigenvalue weighted by Crippen LogP contribution is -2.07. The number of nitro benzene ring substituents is 1. The molecule has 0 aliphatic heterocycles. The predicted molar refractivity (Wildman–Crippen MR) is 86.4 cm³/mol. The summed E-state index contributed by atoms with van der Waals surface area (Å²) in [7, 11) is 0. The van der Waals surface area contributed by atoms with Crippen molar-refractivity contribution in [3.8, 4) is 11.3 Å². The zero-order valence-corrected chi connectivity index (χ0v) is 12.3. The van der Waals surface area contributed by atoms with Crippen LogP contribution < -0.4 is 0 Å². The van der Waals surface area contributed by atoms with Crippen molar-refractivity contribution in [1.29, 1.82) is 0 Å². The molecule has 0 amide bonds. The van der Waals surface area contributed by atoms with Gasteiger partial charge >= 0.3 is 5.97 Å². The Morgan fingerprint density at radius 3 is 2.52 bits per heavy atom. The molecule has 1 heterocycles. The maximum atomic E-state index is 11.3. The van der Waals surface area contributed by atoms with E-state index in [1.54, 1.807) is 12.1 Å². The van der Waals surface area contributed by atoms with Gasteiger partial charge in [-0.1, -0.05) is 30.3 Å². The summed E-state index contributed by atoms with van der Waals surface area (Å²) in [6.45, 7) is 1.51. The number of aliphatic carboxylic acids is 1. The molecule has 6 heteroatoms. The molecule has 2 aromatic carbocycles. The van der Waals surface area contributed by atoms with E-state index in [1.807, 2.05) is 30.3 Å². The molecule has 0 aliphatic rings. The van der Waals surface area contributed by atoms with Crippen LogP contribution in [0.15, 0.2) is 48.5 Å². The number of nitro groups is 1. The number of non-ortho nitro benzene ring substituents is 1. The van der Waals surface area contributed by atoms with Gasteiger partial charge in [-0.05, 0) is 30.2 Å². The Balaban J connectivity index is 2.22. The van der Waals surface area contributed by atoms with Gasteiger partial charge in [0.05, 0.1) is 10.8 Å². The number of carboxylic acids is 1. The fourth-order valence-electron chi connectivity index (χ4n) is 2.56. The molecule has 0 saturated carbocycles. The Bertz CT molecular complexity index is 900. The number of hydrogen-bond acceptors (Lipinski definition) is 3. The molecular formula is C17H14N2O4. The van der Waals surface area contributed by atoms with Gasteiger partial charge in [0.1, 0.15) is 5.52 Å². The van der Waals surface area contributed by atoms with Crippen LogP contribution >= 0.6 is 0 Å². The van der Waals surface area contributed by atoms with Gasteiger partial charge in [0.25, 0.3) is 5.69 Å². The van der Waals surface area contributed by atoms with Crippen molar-refractivity contribution >= 4 is 22.6 Å². The first kappa shape index (κ1) is 14.8. The number of H-pyrrole nitrogens is 1. The van der Waals surface area contributed by atoms with E-state index < -0.39 is 16.8 Å². The Hall–Kier alpha value is -3.15. The van der Waals surface area contributed by atoms with Crippen molar-refractivity contribution in [3.63, 3.8) is 0 Å². The van der Waals surface area contributed by atoms with Gasteiger partial charge in [0.15, 0.2) is 0 Å². The van der Waals surface area contributed by atoms with Gasteiger partial charge in [0, 0.05) is 17.1 Å². The summed E-state index contributed by atoms with van der Waals surface area (Å²) in [4.78, 5) is 25.1. The molecule has 0 saturated heterocycles. The normalized spacial score (nSPS) is 12.2. The minimum Gasteiger partial charge on any atom is -0.481 e. The van der Waals surface area contributed by atoms with E-state index in [2.05, 4.69) is 4.98 Å². The maximum Gasteiger partial charge on any atom is 0.310 e. The zero-order valence-electron chi connectivity index (χ0n) is 12.3. The molecule has 0 radical (unpaired) electrons. The second-order valence-corrected chi connectivity index (χ2v) is 5.37. The molecular weight excluding hydrogens is 296 g/mol. The topological polar surface area (TPSA) is 96.2 Å². The molecule has 23 heavy (non-hydrogen) atoms. The summed E-state index contributed by atoms with van der Waals surface area (Å²) >= 11 is 0. The maximum absolute atomic E-state index is 11.3. The largest absolute Gasteiger partial charge is 0.481 e. The Morgan fingerprint density at radius 1 is 1.22 bits per heavy atom. The molecule has 0 aliphatic carbocycles. The van der Waals surface area contributed by atoms with Crippen molar-refractivity contribution in [1.82, 2.24) is 4.98 Å². The molecule has 2 N–H and O–H groups in total. The summed E-state index contributed by atoms with van der Waals surface area (Å²) in [6.07, 6.45) is 0. The number of nitrogens with zero attached hydrogens (tertiary/aromatic N) is 1. The zero-order chi connectivity index (χ0) is 16.6. The number of carboxylic acid groups (broad SMARTS) is 1. The van der Waals surface area contributed by atoms with Crippen molar-refractivity contribution in [2.24, 2.45) is 0 Å². The van der Waals surface area contributed by atoms with Crippen LogP contribution in [0.2, 0.25) is 0 Å². The van der Waals surface area contributed by atoms with Gasteiger partial charge in [-0.2, -0.15) is 0 Å². The van der Waals surface area contributed by atoms with Crippen LogP contribution in [0.25, 0.3) is 22.2 Å². The molecule has 1 atom stereocenters. The standard InChI is InChI=1S/C17H14N2O4/c1-10(17(20)21)12-7-13-8-14(11-5-3-2-4-6-11)18-16(13)15(9-12)19(22)23/h2-10,18H,1H3,(H,20,21). The molecule has 0 bridgehead atoms. The summed E-state index contributed by atoms with van der Waals surface area (Å²) in [5.74, 6) is -1.83. The molecule has 3 aromatic rings. The third kappa shape index (κ3) is 2.66. The lowest BCUT2D eigenvalue weighted by molar-refractivity contribution is -0.383. The second kappa shape index (κ2) is 5.57. The molecule has 0 fully saturated rings. The van der Waals surface area contributed by atoms with Crippen molar-refractivity contribution in [2.45, 2.75) is 12.8 Å². The van der Waals surface area contributed by atoms with Crippen molar-refractivity contribution < 1.29 is 14.8 Å². The Kier molecular flexibility index (Phi) is 3.57. The van der Waals surface area contributed by atoms with E-state index in [0.717, 1.165) is 11.3 Å². The fourth-order valence-corrected chi connectivity index (χ4v) is 2.56. The monoisotopic (exact) mass is 310 g/mol. The van der Waals surface area contributed by atoms with Gasteiger partial charge in [0.2, 0.25) is 0 Å². The highest BCUT2D eigenvalue weighted by Crippen LogP contribution is 2.33. The second-order valence-electron chi connectivity index (χ2n) is 5.37. The lowest BCUT2D eigenvalue weighted by atomic mass is 9.99. The minimum atomic E-state index is -1.02. The minimum absolute atomic E-state index is 0.118. The van der Waals surface area contributed by atoms with E-state index in [-0.39, 0.29) is 5.69 Å². The Morgan fingerprint density at radius 2 is 1.91 bits per heavy atom. The summed E-state index contributed by atoms with van der Waals surface area (Å²) in [6, 6.07) is 14.3. The van der Waals surface area contributed by atoms with E-state index in [0.29, 0.717) is 16.5 Å². The van der Waals surface area contributed by atoms with Gasteiger partial charge in [-0.25, -0.2) is 0 Å². The molecule has 0 spiro atoms. The summed E-state index contributed by atoms with van der Waals surface area (Å²) in [5.41, 5.74) is 2.35. The van der Waals surface area contributed by atoms with Gasteiger partial charge in [-0.15, -0.1) is 0 Å². The molecule has 1 aromatic heterocycles. The van der Waals surface area contributed by atoms with Crippen LogP contribution in [0.3, 0.4) is 0 Å².